The van der Waals surface area contributed by atoms with Gasteiger partial charge in [0.25, 0.3) is 0 Å². The number of benzene rings is 1. The molecule has 0 aromatic heterocycles. The second kappa shape index (κ2) is 2.58. The third-order valence-corrected chi connectivity index (χ3v) is 2.59. The Balaban J connectivity index is 2.60. The Kier molecular flexibility index (Phi) is 1.62. The zero-order valence-corrected chi connectivity index (χ0v) is 7.49. The molecule has 0 bridgehead atoms. The van der Waals surface area contributed by atoms with Crippen molar-refractivity contribution in [2.24, 2.45) is 0 Å². The molecular weight excluding hydrogens is 180 g/mol. The smallest absolute Gasteiger partial charge is 0.127 e. The summed E-state index contributed by atoms with van der Waals surface area (Å²) in [6, 6.07) is 2.37. The van der Waals surface area contributed by atoms with E-state index in [-0.39, 0.29) is 17.2 Å². The van der Waals surface area contributed by atoms with Crippen LogP contribution in [0.2, 0.25) is 0 Å². The molecule has 0 aliphatic heterocycles. The summed E-state index contributed by atoms with van der Waals surface area (Å²) < 4.78 is 0. The van der Waals surface area contributed by atoms with Crippen molar-refractivity contribution in [3.63, 3.8) is 0 Å². The summed E-state index contributed by atoms with van der Waals surface area (Å²) in [5.41, 5.74) is -0.167. The van der Waals surface area contributed by atoms with Crippen LogP contribution in [0.15, 0.2) is 12.1 Å². The lowest BCUT2D eigenvalue weighted by Gasteiger charge is -2.12. The zero-order chi connectivity index (χ0) is 10.3. The van der Waals surface area contributed by atoms with E-state index in [0.717, 1.165) is 12.8 Å². The van der Waals surface area contributed by atoms with E-state index in [2.05, 4.69) is 5.92 Å². The molecule has 1 aromatic carbocycles. The Labute approximate surface area is 81.6 Å². The second-order valence-corrected chi connectivity index (χ2v) is 3.59. The minimum Gasteiger partial charge on any atom is -0.508 e. The van der Waals surface area contributed by atoms with Gasteiger partial charge in [0.05, 0.1) is 11.0 Å². The highest BCUT2D eigenvalue weighted by Crippen LogP contribution is 2.54. The summed E-state index contributed by atoms with van der Waals surface area (Å²) in [4.78, 5) is 0. The Morgan fingerprint density at radius 3 is 2.00 bits per heavy atom. The molecule has 3 heteroatoms. The summed E-state index contributed by atoms with van der Waals surface area (Å²) >= 11 is 0. The van der Waals surface area contributed by atoms with Crippen molar-refractivity contribution >= 4 is 0 Å². The maximum atomic E-state index is 9.56. The molecule has 2 rings (SSSR count). The van der Waals surface area contributed by atoms with Gasteiger partial charge in [-0.05, 0) is 12.8 Å². The Bertz CT molecular complexity index is 402. The molecule has 0 saturated heterocycles. The van der Waals surface area contributed by atoms with Gasteiger partial charge in [0.2, 0.25) is 0 Å². The lowest BCUT2D eigenvalue weighted by molar-refractivity contribution is 0.415. The van der Waals surface area contributed by atoms with Crippen molar-refractivity contribution in [1.29, 1.82) is 0 Å². The molecule has 0 spiro atoms. The van der Waals surface area contributed by atoms with Gasteiger partial charge in [-0.25, -0.2) is 0 Å². The van der Waals surface area contributed by atoms with Gasteiger partial charge in [0.1, 0.15) is 17.2 Å². The zero-order valence-electron chi connectivity index (χ0n) is 7.49. The number of hydrogen-bond donors (Lipinski definition) is 3. The SMILES string of the molecule is C#CC1(c2c(O)cc(O)cc2O)CC1. The summed E-state index contributed by atoms with van der Waals surface area (Å²) in [7, 11) is 0. The van der Waals surface area contributed by atoms with E-state index in [4.69, 9.17) is 11.5 Å². The fraction of sp³-hybridized carbons (Fsp3) is 0.273. The van der Waals surface area contributed by atoms with Gasteiger partial charge in [-0.15, -0.1) is 6.42 Å². The van der Waals surface area contributed by atoms with E-state index >= 15 is 0 Å². The van der Waals surface area contributed by atoms with Crippen LogP contribution in [-0.2, 0) is 5.41 Å². The van der Waals surface area contributed by atoms with Gasteiger partial charge < -0.3 is 15.3 Å². The molecule has 1 saturated carbocycles. The Hall–Kier alpha value is -1.82. The van der Waals surface area contributed by atoms with E-state index in [0.29, 0.717) is 5.56 Å². The number of terminal acetylenes is 1. The minimum absolute atomic E-state index is 0.141. The maximum Gasteiger partial charge on any atom is 0.127 e. The predicted octanol–water partition coefficient (Wildman–Crippen LogP) is 1.47. The van der Waals surface area contributed by atoms with E-state index < -0.39 is 5.41 Å². The van der Waals surface area contributed by atoms with Crippen molar-refractivity contribution in [2.75, 3.05) is 0 Å². The van der Waals surface area contributed by atoms with Crippen molar-refractivity contribution in [2.45, 2.75) is 18.3 Å². The summed E-state index contributed by atoms with van der Waals surface area (Å²) in [5.74, 6) is 2.12. The van der Waals surface area contributed by atoms with Crippen molar-refractivity contribution in [3.05, 3.63) is 17.7 Å². The molecule has 1 fully saturated rings. The predicted molar refractivity (Wildman–Crippen MR) is 51.2 cm³/mol. The molecule has 0 radical (unpaired) electrons. The van der Waals surface area contributed by atoms with Gasteiger partial charge in [-0.1, -0.05) is 5.92 Å². The molecule has 1 aliphatic rings. The largest absolute Gasteiger partial charge is 0.508 e. The molecule has 3 nitrogen and oxygen atoms in total. The normalized spacial score (nSPS) is 17.4. The lowest BCUT2D eigenvalue weighted by atomic mass is 9.95. The molecular formula is C11H10O3. The number of rotatable bonds is 1. The first kappa shape index (κ1) is 8.76. The van der Waals surface area contributed by atoms with E-state index in [1.165, 1.54) is 12.1 Å². The first-order valence-corrected chi connectivity index (χ1v) is 4.32. The third-order valence-electron chi connectivity index (χ3n) is 2.59. The molecule has 0 amide bonds. The van der Waals surface area contributed by atoms with Gasteiger partial charge in [0.15, 0.2) is 0 Å². The highest BCUT2D eigenvalue weighted by molar-refractivity contribution is 5.58. The number of phenols is 3. The number of phenolic OH excluding ortho intramolecular Hbond substituents is 3. The summed E-state index contributed by atoms with van der Waals surface area (Å²) in [5, 5.41) is 28.2. The standard InChI is InChI=1S/C11H10O3/c1-2-11(3-4-11)10-8(13)5-7(12)6-9(10)14/h1,5-6,12-14H,3-4H2. The topological polar surface area (TPSA) is 60.7 Å². The highest BCUT2D eigenvalue weighted by atomic mass is 16.3. The van der Waals surface area contributed by atoms with Gasteiger partial charge in [-0.2, -0.15) is 0 Å². The fourth-order valence-corrected chi connectivity index (χ4v) is 1.68. The van der Waals surface area contributed by atoms with Crippen molar-refractivity contribution in [1.82, 2.24) is 0 Å². The van der Waals surface area contributed by atoms with Gasteiger partial charge in [-0.3, -0.25) is 0 Å². The monoisotopic (exact) mass is 190 g/mol. The van der Waals surface area contributed by atoms with Crippen LogP contribution in [0, 0.1) is 12.3 Å². The van der Waals surface area contributed by atoms with Crippen molar-refractivity contribution < 1.29 is 15.3 Å². The minimum atomic E-state index is -0.526. The van der Waals surface area contributed by atoms with Crippen LogP contribution in [0.25, 0.3) is 0 Å². The summed E-state index contributed by atoms with van der Waals surface area (Å²) in [6.07, 6.45) is 6.86. The number of hydrogen-bond acceptors (Lipinski definition) is 3. The molecule has 72 valence electrons. The maximum absolute atomic E-state index is 9.56. The molecule has 1 aromatic rings. The first-order chi connectivity index (χ1) is 6.59. The average Bonchev–Trinajstić information content (AvgIpc) is 2.83. The molecule has 0 unspecified atom stereocenters. The van der Waals surface area contributed by atoms with Crippen LogP contribution in [0.3, 0.4) is 0 Å². The van der Waals surface area contributed by atoms with E-state index in [9.17, 15) is 10.2 Å². The van der Waals surface area contributed by atoms with Gasteiger partial charge in [0, 0.05) is 12.1 Å². The van der Waals surface area contributed by atoms with Crippen LogP contribution in [-0.4, -0.2) is 15.3 Å². The van der Waals surface area contributed by atoms with E-state index in [1.54, 1.807) is 0 Å². The third kappa shape index (κ3) is 1.08. The van der Waals surface area contributed by atoms with Crippen LogP contribution in [0.5, 0.6) is 17.2 Å². The van der Waals surface area contributed by atoms with Crippen LogP contribution < -0.4 is 0 Å². The first-order valence-electron chi connectivity index (χ1n) is 4.32. The number of aromatic hydroxyl groups is 3. The van der Waals surface area contributed by atoms with Crippen LogP contribution in [0.1, 0.15) is 18.4 Å². The quantitative estimate of drug-likeness (QED) is 0.587. The highest BCUT2D eigenvalue weighted by Gasteiger charge is 2.46. The van der Waals surface area contributed by atoms with Gasteiger partial charge >= 0.3 is 0 Å². The van der Waals surface area contributed by atoms with E-state index in [1.807, 2.05) is 0 Å². The molecule has 3 N–H and O–H groups in total. The van der Waals surface area contributed by atoms with Crippen LogP contribution >= 0.6 is 0 Å². The lowest BCUT2D eigenvalue weighted by Crippen LogP contribution is -2.03. The fourth-order valence-electron chi connectivity index (χ4n) is 1.68. The average molecular weight is 190 g/mol. The molecule has 1 aliphatic carbocycles. The second-order valence-electron chi connectivity index (χ2n) is 3.59. The molecule has 0 heterocycles. The Morgan fingerprint density at radius 1 is 1.14 bits per heavy atom. The van der Waals surface area contributed by atoms with Crippen LogP contribution in [0.4, 0.5) is 0 Å². The molecule has 0 atom stereocenters. The Morgan fingerprint density at radius 2 is 1.64 bits per heavy atom. The van der Waals surface area contributed by atoms with Crippen molar-refractivity contribution in [3.8, 4) is 29.6 Å². The molecule has 14 heavy (non-hydrogen) atoms. The summed E-state index contributed by atoms with van der Waals surface area (Å²) in [6.45, 7) is 0.